The Morgan fingerprint density at radius 2 is 1.68 bits per heavy atom. The fraction of sp³-hybridized carbons (Fsp3) is 0.750. The predicted molar refractivity (Wildman–Crippen MR) is 76.1 cm³/mol. The third kappa shape index (κ3) is 3.40. The van der Waals surface area contributed by atoms with E-state index in [1.54, 1.807) is 0 Å². The summed E-state index contributed by atoms with van der Waals surface area (Å²) in [6.45, 7) is 0.852. The van der Waals surface area contributed by atoms with Gasteiger partial charge in [0, 0.05) is 11.3 Å². The molecule has 0 atom stereocenters. The highest BCUT2D eigenvalue weighted by atomic mass is 32.2. The van der Waals surface area contributed by atoms with E-state index < -0.39 is 0 Å². The van der Waals surface area contributed by atoms with Crippen LogP contribution in [-0.2, 0) is 0 Å². The molecule has 7 heteroatoms. The lowest BCUT2D eigenvalue weighted by Crippen LogP contribution is -2.30. The van der Waals surface area contributed by atoms with Crippen LogP contribution in [0.1, 0.15) is 25.7 Å². The molecular formula is C12H20N4O2S. The van der Waals surface area contributed by atoms with Crippen molar-refractivity contribution in [1.29, 1.82) is 0 Å². The zero-order valence-corrected chi connectivity index (χ0v) is 12.4. The van der Waals surface area contributed by atoms with Crippen LogP contribution in [0.15, 0.2) is 0 Å². The number of hydrogen-bond donors (Lipinski definition) is 1. The molecule has 1 saturated carbocycles. The van der Waals surface area contributed by atoms with Crippen LogP contribution in [0.25, 0.3) is 0 Å². The SMILES string of the molecule is COc1nc(NCC2(SC)CCCC2)nc(OC)n1. The average Bonchev–Trinajstić information content (AvgIpc) is 2.94. The predicted octanol–water partition coefficient (Wildman–Crippen LogP) is 1.98. The Kier molecular flexibility index (Phi) is 4.68. The van der Waals surface area contributed by atoms with E-state index in [9.17, 15) is 0 Å². The van der Waals surface area contributed by atoms with Crippen molar-refractivity contribution in [1.82, 2.24) is 15.0 Å². The van der Waals surface area contributed by atoms with E-state index in [4.69, 9.17) is 9.47 Å². The van der Waals surface area contributed by atoms with Gasteiger partial charge >= 0.3 is 12.0 Å². The van der Waals surface area contributed by atoms with Gasteiger partial charge in [-0.1, -0.05) is 12.8 Å². The lowest BCUT2D eigenvalue weighted by atomic mass is 10.1. The van der Waals surface area contributed by atoms with Crippen LogP contribution in [0.4, 0.5) is 5.95 Å². The molecule has 1 N–H and O–H groups in total. The third-order valence-electron chi connectivity index (χ3n) is 3.48. The van der Waals surface area contributed by atoms with E-state index in [0.29, 0.717) is 10.7 Å². The molecule has 1 aromatic rings. The van der Waals surface area contributed by atoms with Gasteiger partial charge in [0.15, 0.2) is 0 Å². The van der Waals surface area contributed by atoms with Crippen molar-refractivity contribution in [3.05, 3.63) is 0 Å². The van der Waals surface area contributed by atoms with Crippen LogP contribution in [0.5, 0.6) is 12.0 Å². The van der Waals surface area contributed by atoms with Crippen LogP contribution in [0.2, 0.25) is 0 Å². The van der Waals surface area contributed by atoms with Crippen LogP contribution in [0, 0.1) is 0 Å². The summed E-state index contributed by atoms with van der Waals surface area (Å²) in [4.78, 5) is 12.3. The molecule has 6 nitrogen and oxygen atoms in total. The first-order chi connectivity index (χ1) is 9.21. The molecule has 0 aromatic carbocycles. The van der Waals surface area contributed by atoms with E-state index in [0.717, 1.165) is 6.54 Å². The summed E-state index contributed by atoms with van der Waals surface area (Å²) < 4.78 is 10.4. The standard InChI is InChI=1S/C12H20N4O2S/c1-17-10-14-9(15-11(16-10)18-2)13-8-12(19-3)6-4-5-7-12/h4-8H2,1-3H3,(H,13,14,15,16). The Morgan fingerprint density at radius 3 is 2.16 bits per heavy atom. The summed E-state index contributed by atoms with van der Waals surface area (Å²) in [5.74, 6) is 0.504. The molecule has 0 amide bonds. The maximum atomic E-state index is 5.03. The van der Waals surface area contributed by atoms with Gasteiger partial charge in [0.1, 0.15) is 0 Å². The molecule has 106 valence electrons. The van der Waals surface area contributed by atoms with Crippen molar-refractivity contribution in [2.24, 2.45) is 0 Å². The minimum absolute atomic E-state index is 0.263. The van der Waals surface area contributed by atoms with Crippen LogP contribution >= 0.6 is 11.8 Å². The fourth-order valence-electron chi connectivity index (χ4n) is 2.31. The lowest BCUT2D eigenvalue weighted by Gasteiger charge is -2.26. The number of thioether (sulfide) groups is 1. The summed E-state index contributed by atoms with van der Waals surface area (Å²) in [6.07, 6.45) is 7.24. The first-order valence-electron chi connectivity index (χ1n) is 6.34. The first-order valence-corrected chi connectivity index (χ1v) is 7.57. The smallest absolute Gasteiger partial charge is 0.324 e. The Labute approximate surface area is 117 Å². The lowest BCUT2D eigenvalue weighted by molar-refractivity contribution is 0.341. The number of ether oxygens (including phenoxy) is 2. The number of nitrogens with one attached hydrogen (secondary N) is 1. The van der Waals surface area contributed by atoms with Gasteiger partial charge in [-0.3, -0.25) is 0 Å². The fourth-order valence-corrected chi connectivity index (χ4v) is 3.23. The number of nitrogens with zero attached hydrogens (tertiary/aromatic N) is 3. The molecule has 0 aliphatic heterocycles. The highest BCUT2D eigenvalue weighted by Gasteiger charge is 2.32. The largest absolute Gasteiger partial charge is 0.467 e. The maximum absolute atomic E-state index is 5.03. The number of methoxy groups -OCH3 is 2. The molecule has 1 aliphatic rings. The molecule has 0 unspecified atom stereocenters. The zero-order chi connectivity index (χ0) is 13.7. The van der Waals surface area contributed by atoms with Crippen molar-refractivity contribution in [3.8, 4) is 12.0 Å². The van der Waals surface area contributed by atoms with Crippen molar-refractivity contribution < 1.29 is 9.47 Å². The van der Waals surface area contributed by atoms with E-state index in [-0.39, 0.29) is 12.0 Å². The quantitative estimate of drug-likeness (QED) is 0.856. The third-order valence-corrected chi connectivity index (χ3v) is 4.89. The van der Waals surface area contributed by atoms with Gasteiger partial charge in [-0.25, -0.2) is 0 Å². The highest BCUT2D eigenvalue weighted by molar-refractivity contribution is 8.00. The molecule has 0 radical (unpaired) electrons. The van der Waals surface area contributed by atoms with Crippen LogP contribution in [-0.4, -0.2) is 46.7 Å². The summed E-state index contributed by atoms with van der Waals surface area (Å²) in [5.41, 5.74) is 0. The molecule has 1 aliphatic carbocycles. The van der Waals surface area contributed by atoms with Gasteiger partial charge < -0.3 is 14.8 Å². The van der Waals surface area contributed by atoms with E-state index in [1.165, 1.54) is 39.9 Å². The summed E-state index contributed by atoms with van der Waals surface area (Å²) in [5, 5.41) is 3.28. The van der Waals surface area contributed by atoms with Gasteiger partial charge in [-0.05, 0) is 19.1 Å². The molecule has 0 bridgehead atoms. The molecule has 1 heterocycles. The van der Waals surface area contributed by atoms with E-state index in [2.05, 4.69) is 26.5 Å². The maximum Gasteiger partial charge on any atom is 0.324 e. The Balaban J connectivity index is 2.06. The molecule has 1 aromatic heterocycles. The Morgan fingerprint density at radius 1 is 1.11 bits per heavy atom. The van der Waals surface area contributed by atoms with Crippen molar-refractivity contribution >= 4 is 17.7 Å². The molecule has 19 heavy (non-hydrogen) atoms. The second-order valence-corrected chi connectivity index (χ2v) is 5.85. The Hall–Kier alpha value is -1.24. The monoisotopic (exact) mass is 284 g/mol. The Bertz CT molecular complexity index is 402. The first kappa shape index (κ1) is 14.2. The normalized spacial score (nSPS) is 17.2. The van der Waals surface area contributed by atoms with Crippen molar-refractivity contribution in [2.75, 3.05) is 32.3 Å². The van der Waals surface area contributed by atoms with Crippen molar-refractivity contribution in [3.63, 3.8) is 0 Å². The summed E-state index contributed by atoms with van der Waals surface area (Å²) in [6, 6.07) is 0.526. The van der Waals surface area contributed by atoms with Crippen LogP contribution < -0.4 is 14.8 Å². The van der Waals surface area contributed by atoms with Crippen LogP contribution in [0.3, 0.4) is 0 Å². The average molecular weight is 284 g/mol. The number of aromatic nitrogens is 3. The molecule has 1 fully saturated rings. The molecule has 0 spiro atoms. The molecular weight excluding hydrogens is 264 g/mol. The molecule has 0 saturated heterocycles. The van der Waals surface area contributed by atoms with Gasteiger partial charge in [0.05, 0.1) is 14.2 Å². The number of rotatable bonds is 6. The number of anilines is 1. The number of hydrogen-bond acceptors (Lipinski definition) is 7. The second-order valence-electron chi connectivity index (χ2n) is 4.58. The summed E-state index contributed by atoms with van der Waals surface area (Å²) >= 11 is 1.92. The topological polar surface area (TPSA) is 69.2 Å². The van der Waals surface area contributed by atoms with Gasteiger partial charge in [-0.2, -0.15) is 21.7 Å². The second kappa shape index (κ2) is 6.27. The molecule has 2 rings (SSSR count). The summed E-state index contributed by atoms with van der Waals surface area (Å²) in [7, 11) is 3.05. The van der Waals surface area contributed by atoms with Gasteiger partial charge in [-0.15, -0.1) is 4.98 Å². The van der Waals surface area contributed by atoms with Crippen molar-refractivity contribution in [2.45, 2.75) is 30.4 Å². The van der Waals surface area contributed by atoms with Gasteiger partial charge in [0.2, 0.25) is 5.95 Å². The minimum Gasteiger partial charge on any atom is -0.467 e. The van der Waals surface area contributed by atoms with E-state index >= 15 is 0 Å². The van der Waals surface area contributed by atoms with Gasteiger partial charge in [0.25, 0.3) is 0 Å². The zero-order valence-electron chi connectivity index (χ0n) is 11.6. The highest BCUT2D eigenvalue weighted by Crippen LogP contribution is 2.40. The minimum atomic E-state index is 0.263. The van der Waals surface area contributed by atoms with E-state index in [1.807, 2.05) is 11.8 Å².